The molecular weight excluding hydrogens is 357 g/mol. The molecule has 0 aromatic heterocycles. The van der Waals surface area contributed by atoms with Crippen molar-refractivity contribution < 1.29 is 17.6 Å². The van der Waals surface area contributed by atoms with Crippen LogP contribution in [-0.4, -0.2) is 80.9 Å². The van der Waals surface area contributed by atoms with E-state index in [9.17, 15) is 17.6 Å². The maximum atomic E-state index is 13.9. The second kappa shape index (κ2) is 7.92. The second-order valence-corrected chi connectivity index (χ2v) is 9.38. The van der Waals surface area contributed by atoms with Gasteiger partial charge in [0.05, 0.1) is 23.7 Å². The van der Waals surface area contributed by atoms with Crippen molar-refractivity contribution in [1.82, 2.24) is 9.80 Å². The van der Waals surface area contributed by atoms with Crippen LogP contribution in [0.4, 0.5) is 10.1 Å². The molecule has 0 bridgehead atoms. The van der Waals surface area contributed by atoms with E-state index in [2.05, 4.69) is 0 Å². The Morgan fingerprint density at radius 3 is 2.50 bits per heavy atom. The monoisotopic (exact) mass is 383 g/mol. The fourth-order valence-corrected chi connectivity index (χ4v) is 4.94. The molecule has 1 aromatic rings. The summed E-state index contributed by atoms with van der Waals surface area (Å²) in [5.41, 5.74) is 0.575. The summed E-state index contributed by atoms with van der Waals surface area (Å²) in [4.78, 5) is 18.4. The summed E-state index contributed by atoms with van der Waals surface area (Å²) in [6.07, 6.45) is 0.566. The van der Waals surface area contributed by atoms with Gasteiger partial charge in [-0.2, -0.15) is 0 Å². The van der Waals surface area contributed by atoms with Crippen molar-refractivity contribution in [3.05, 3.63) is 30.1 Å². The normalized spacial score (nSPS) is 24.3. The van der Waals surface area contributed by atoms with Crippen molar-refractivity contribution >= 4 is 21.4 Å². The largest absolute Gasteiger partial charge is 0.366 e. The van der Waals surface area contributed by atoms with Crippen LogP contribution in [0.3, 0.4) is 0 Å². The lowest BCUT2D eigenvalue weighted by atomic mass is 10.2. The number of amides is 1. The van der Waals surface area contributed by atoms with Gasteiger partial charge in [-0.3, -0.25) is 9.69 Å². The molecule has 26 heavy (non-hydrogen) atoms. The fraction of sp³-hybridized carbons (Fsp3) is 0.611. The first-order chi connectivity index (χ1) is 12.4. The molecule has 1 amide bonds. The maximum absolute atomic E-state index is 13.9. The third-order valence-corrected chi connectivity index (χ3v) is 6.99. The lowest BCUT2D eigenvalue weighted by molar-refractivity contribution is -0.133. The zero-order valence-electron chi connectivity index (χ0n) is 15.1. The number of rotatable bonds is 3. The summed E-state index contributed by atoms with van der Waals surface area (Å²) in [6.45, 7) is 4.92. The summed E-state index contributed by atoms with van der Waals surface area (Å²) >= 11 is 0. The van der Waals surface area contributed by atoms with Crippen molar-refractivity contribution in [3.63, 3.8) is 0 Å². The topological polar surface area (TPSA) is 60.9 Å². The van der Waals surface area contributed by atoms with Gasteiger partial charge in [-0.1, -0.05) is 12.1 Å². The van der Waals surface area contributed by atoms with Gasteiger partial charge in [-0.15, -0.1) is 0 Å². The van der Waals surface area contributed by atoms with Crippen molar-refractivity contribution in [2.24, 2.45) is 0 Å². The number of sulfone groups is 1. The van der Waals surface area contributed by atoms with E-state index in [-0.39, 0.29) is 35.8 Å². The Balaban J connectivity index is 1.54. The van der Waals surface area contributed by atoms with Crippen molar-refractivity contribution in [2.45, 2.75) is 19.4 Å². The Labute approximate surface area is 154 Å². The van der Waals surface area contributed by atoms with E-state index in [1.807, 2.05) is 22.8 Å². The molecule has 6 nitrogen and oxygen atoms in total. The van der Waals surface area contributed by atoms with Crippen LogP contribution in [0, 0.1) is 5.82 Å². The zero-order valence-corrected chi connectivity index (χ0v) is 15.9. The van der Waals surface area contributed by atoms with Gasteiger partial charge in [-0.25, -0.2) is 12.8 Å². The van der Waals surface area contributed by atoms with E-state index in [0.717, 1.165) is 0 Å². The number of hydrogen-bond donors (Lipinski definition) is 0. The predicted octanol–water partition coefficient (Wildman–Crippen LogP) is 0.983. The molecule has 0 N–H and O–H groups in total. The molecule has 1 aromatic carbocycles. The number of carbonyl (C=O) groups is 1. The summed E-state index contributed by atoms with van der Waals surface area (Å²) in [5.74, 6) is 0.0856. The van der Waals surface area contributed by atoms with Crippen LogP contribution in [0.1, 0.15) is 13.3 Å². The van der Waals surface area contributed by atoms with E-state index in [0.29, 0.717) is 44.8 Å². The number of piperazine rings is 1. The third-order valence-electron chi connectivity index (χ3n) is 5.32. The SMILES string of the molecule is CC1CCS(=O)(=O)CCN1CC(=O)N1CCN(c2ccccc2F)CC1. The van der Waals surface area contributed by atoms with Crippen LogP contribution in [0.25, 0.3) is 0 Å². The number of carbonyl (C=O) groups excluding carboxylic acids is 1. The molecule has 2 fully saturated rings. The molecule has 144 valence electrons. The number of nitrogens with zero attached hydrogens (tertiary/aromatic N) is 3. The lowest BCUT2D eigenvalue weighted by Crippen LogP contribution is -2.52. The molecule has 0 spiro atoms. The molecular formula is C18H26FN3O3S. The standard InChI is InChI=1S/C18H26FN3O3S/c1-15-6-12-26(24,25)13-11-22(15)14-18(23)21-9-7-20(8-10-21)17-5-3-2-4-16(17)19/h2-5,15H,6-14H2,1H3. The highest BCUT2D eigenvalue weighted by molar-refractivity contribution is 7.91. The van der Waals surface area contributed by atoms with Gasteiger partial charge in [0.25, 0.3) is 0 Å². The molecule has 1 atom stereocenters. The van der Waals surface area contributed by atoms with Crippen molar-refractivity contribution in [3.8, 4) is 0 Å². The van der Waals surface area contributed by atoms with E-state index in [1.165, 1.54) is 6.07 Å². The Morgan fingerprint density at radius 1 is 1.12 bits per heavy atom. The molecule has 0 radical (unpaired) electrons. The Bertz CT molecular complexity index is 748. The molecule has 2 aliphatic rings. The average molecular weight is 383 g/mol. The Morgan fingerprint density at radius 2 is 1.81 bits per heavy atom. The minimum Gasteiger partial charge on any atom is -0.366 e. The van der Waals surface area contributed by atoms with E-state index >= 15 is 0 Å². The highest BCUT2D eigenvalue weighted by atomic mass is 32.2. The minimum absolute atomic E-state index is 0.0179. The molecule has 1 unspecified atom stereocenters. The number of para-hydroxylation sites is 1. The maximum Gasteiger partial charge on any atom is 0.236 e. The third kappa shape index (κ3) is 4.54. The highest BCUT2D eigenvalue weighted by Crippen LogP contribution is 2.20. The van der Waals surface area contributed by atoms with Crippen LogP contribution < -0.4 is 4.90 Å². The first kappa shape index (κ1) is 19.1. The number of anilines is 1. The van der Waals surface area contributed by atoms with E-state index in [4.69, 9.17) is 0 Å². The zero-order chi connectivity index (χ0) is 18.7. The number of benzene rings is 1. The molecule has 8 heteroatoms. The molecule has 0 saturated carbocycles. The van der Waals surface area contributed by atoms with Gasteiger partial charge >= 0.3 is 0 Å². The average Bonchev–Trinajstić information content (AvgIpc) is 2.75. The Kier molecular flexibility index (Phi) is 5.82. The molecule has 2 heterocycles. The van der Waals surface area contributed by atoms with Crippen LogP contribution in [0.2, 0.25) is 0 Å². The molecule has 3 rings (SSSR count). The van der Waals surface area contributed by atoms with Crippen LogP contribution in [-0.2, 0) is 14.6 Å². The van der Waals surface area contributed by atoms with Gasteiger partial charge < -0.3 is 9.80 Å². The first-order valence-electron chi connectivity index (χ1n) is 9.07. The predicted molar refractivity (Wildman–Crippen MR) is 99.5 cm³/mol. The van der Waals surface area contributed by atoms with Crippen LogP contribution in [0.5, 0.6) is 0 Å². The lowest BCUT2D eigenvalue weighted by Gasteiger charge is -2.37. The van der Waals surface area contributed by atoms with Crippen LogP contribution in [0.15, 0.2) is 24.3 Å². The Hall–Kier alpha value is -1.67. The van der Waals surface area contributed by atoms with Crippen molar-refractivity contribution in [2.75, 3.05) is 55.7 Å². The van der Waals surface area contributed by atoms with Gasteiger partial charge in [-0.05, 0) is 25.5 Å². The van der Waals surface area contributed by atoms with Gasteiger partial charge in [0, 0.05) is 38.8 Å². The summed E-state index contributed by atoms with van der Waals surface area (Å²) in [6, 6.07) is 6.76. The van der Waals surface area contributed by atoms with Gasteiger partial charge in [0.1, 0.15) is 5.82 Å². The number of halogens is 1. The minimum atomic E-state index is -3.00. The van der Waals surface area contributed by atoms with Crippen LogP contribution >= 0.6 is 0 Å². The molecule has 0 aliphatic carbocycles. The summed E-state index contributed by atoms with van der Waals surface area (Å²) in [7, 11) is -3.00. The smallest absolute Gasteiger partial charge is 0.236 e. The van der Waals surface area contributed by atoms with E-state index in [1.54, 1.807) is 17.0 Å². The molecule has 2 saturated heterocycles. The quantitative estimate of drug-likeness (QED) is 0.779. The second-order valence-electron chi connectivity index (χ2n) is 7.08. The highest BCUT2D eigenvalue weighted by Gasteiger charge is 2.28. The van der Waals surface area contributed by atoms with Gasteiger partial charge in [0.15, 0.2) is 9.84 Å². The summed E-state index contributed by atoms with van der Waals surface area (Å²) in [5, 5.41) is 0. The summed E-state index contributed by atoms with van der Waals surface area (Å²) < 4.78 is 37.5. The van der Waals surface area contributed by atoms with Gasteiger partial charge in [0.2, 0.25) is 5.91 Å². The van der Waals surface area contributed by atoms with Crippen molar-refractivity contribution in [1.29, 1.82) is 0 Å². The number of hydrogen-bond acceptors (Lipinski definition) is 5. The first-order valence-corrected chi connectivity index (χ1v) is 10.9. The molecule has 2 aliphatic heterocycles. The fourth-order valence-electron chi connectivity index (χ4n) is 3.53. The van der Waals surface area contributed by atoms with E-state index < -0.39 is 9.84 Å².